The SMILES string of the molecule is CC(CO)N1CCc2c(nc(C(=O)Nc3cccc(-c4cccc5c4CCC5Oc4cc(OOC(F)(F)F)c(CNC5(C(=O)O)CCC5)c(F)c4Cl)c3Cl)n2C)C1. The van der Waals surface area contributed by atoms with E-state index in [4.69, 9.17) is 27.9 Å². The third-order valence-electron chi connectivity index (χ3n) is 11.1. The lowest BCUT2D eigenvalue weighted by Crippen LogP contribution is -2.56. The Morgan fingerprint density at radius 3 is 2.51 bits per heavy atom. The van der Waals surface area contributed by atoms with Crippen LogP contribution in [0, 0.1) is 5.82 Å². The van der Waals surface area contributed by atoms with Crippen molar-refractivity contribution in [2.75, 3.05) is 18.5 Å². The standard InChI is InChI=1S/C39H39Cl2F4N5O7/c1-20(19-51)50-15-12-28-27(18-50)47-35(49(28)2)36(52)48-26-9-4-8-24(32(26)40)21-6-3-7-23-22(21)10-11-29(23)55-31-16-30(56-57-39(43,44)45)25(34(42)33(31)41)17-46-38(37(53)54)13-5-14-38/h3-4,6-9,16,20,29,46,51H,5,10-15,17-19H2,1-2H3,(H,48,52)(H,53,54). The van der Waals surface area contributed by atoms with Crippen molar-refractivity contribution in [3.63, 3.8) is 0 Å². The smallest absolute Gasteiger partial charge is 0.484 e. The van der Waals surface area contributed by atoms with Crippen LogP contribution in [0.2, 0.25) is 10.0 Å². The van der Waals surface area contributed by atoms with Crippen LogP contribution >= 0.6 is 23.2 Å². The number of imidazole rings is 1. The molecule has 7 rings (SSSR count). The summed E-state index contributed by atoms with van der Waals surface area (Å²) >= 11 is 13.4. The van der Waals surface area contributed by atoms with Crippen molar-refractivity contribution in [3.05, 3.63) is 92.2 Å². The number of carbonyl (C=O) groups excluding carboxylic acids is 1. The van der Waals surface area contributed by atoms with Gasteiger partial charge in [0.15, 0.2) is 17.4 Å². The topological polar surface area (TPSA) is 147 Å². The molecule has 1 amide bonds. The maximum atomic E-state index is 15.8. The average molecular weight is 837 g/mol. The second-order valence-corrected chi connectivity index (χ2v) is 15.2. The molecule has 1 aromatic heterocycles. The number of aliphatic hydroxyl groups is 1. The highest BCUT2D eigenvalue weighted by Crippen LogP contribution is 2.46. The van der Waals surface area contributed by atoms with Gasteiger partial charge < -0.3 is 29.7 Å². The number of nitrogens with one attached hydrogen (secondary N) is 2. The van der Waals surface area contributed by atoms with Gasteiger partial charge in [0.05, 0.1) is 23.0 Å². The molecule has 0 radical (unpaired) electrons. The number of ether oxygens (including phenoxy) is 1. The minimum Gasteiger partial charge on any atom is -0.484 e. The van der Waals surface area contributed by atoms with Crippen LogP contribution < -0.4 is 20.3 Å². The van der Waals surface area contributed by atoms with Crippen molar-refractivity contribution in [1.29, 1.82) is 0 Å². The lowest BCUT2D eigenvalue weighted by molar-refractivity contribution is -0.445. The molecule has 2 aliphatic carbocycles. The molecule has 2 heterocycles. The largest absolute Gasteiger partial charge is 0.558 e. The van der Waals surface area contributed by atoms with Crippen molar-refractivity contribution in [2.24, 2.45) is 7.05 Å². The number of carboxylic acids is 1. The summed E-state index contributed by atoms with van der Waals surface area (Å²) in [5, 5.41) is 24.6. The number of aromatic nitrogens is 2. The summed E-state index contributed by atoms with van der Waals surface area (Å²) in [4.78, 5) is 40.3. The number of anilines is 1. The molecule has 1 fully saturated rings. The van der Waals surface area contributed by atoms with Gasteiger partial charge in [-0.3, -0.25) is 19.8 Å². The second-order valence-electron chi connectivity index (χ2n) is 14.5. The highest BCUT2D eigenvalue weighted by molar-refractivity contribution is 6.36. The maximum absolute atomic E-state index is 15.8. The Bertz CT molecular complexity index is 2210. The molecule has 0 spiro atoms. The fraction of sp³-hybridized carbons (Fsp3) is 0.410. The van der Waals surface area contributed by atoms with Crippen molar-refractivity contribution in [1.82, 2.24) is 19.8 Å². The zero-order valence-electron chi connectivity index (χ0n) is 30.8. The fourth-order valence-corrected chi connectivity index (χ4v) is 8.18. The van der Waals surface area contributed by atoms with Gasteiger partial charge in [0.2, 0.25) is 0 Å². The Hall–Kier alpha value is -4.45. The van der Waals surface area contributed by atoms with Crippen LogP contribution in [-0.4, -0.2) is 67.6 Å². The first-order valence-corrected chi connectivity index (χ1v) is 19.1. The summed E-state index contributed by atoms with van der Waals surface area (Å²) in [5.41, 5.74) is 3.16. The molecule has 3 aromatic carbocycles. The maximum Gasteiger partial charge on any atom is 0.558 e. The number of hydrogen-bond donors (Lipinski definition) is 4. The van der Waals surface area contributed by atoms with E-state index in [9.17, 15) is 33.0 Å². The number of benzene rings is 3. The lowest BCUT2D eigenvalue weighted by Gasteiger charge is -2.38. The highest BCUT2D eigenvalue weighted by Gasteiger charge is 2.44. The van der Waals surface area contributed by atoms with Crippen LogP contribution in [0.25, 0.3) is 11.1 Å². The van der Waals surface area contributed by atoms with Crippen molar-refractivity contribution in [2.45, 2.75) is 82.6 Å². The number of carbonyl (C=O) groups is 2. The molecule has 3 aliphatic rings. The third-order valence-corrected chi connectivity index (χ3v) is 11.8. The summed E-state index contributed by atoms with van der Waals surface area (Å²) in [5.74, 6) is -3.56. The van der Waals surface area contributed by atoms with Gasteiger partial charge in [0.1, 0.15) is 22.4 Å². The van der Waals surface area contributed by atoms with Gasteiger partial charge in [-0.25, -0.2) is 9.37 Å². The van der Waals surface area contributed by atoms with E-state index >= 15 is 4.39 Å². The van der Waals surface area contributed by atoms with Gasteiger partial charge in [0, 0.05) is 62.0 Å². The molecule has 304 valence electrons. The number of nitrogens with zero attached hydrogens (tertiary/aromatic N) is 3. The Morgan fingerprint density at radius 2 is 1.82 bits per heavy atom. The number of hydrogen-bond acceptors (Lipinski definition) is 9. The zero-order valence-corrected chi connectivity index (χ0v) is 32.3. The molecular formula is C39H39Cl2F4N5O7. The molecular weight excluding hydrogens is 797 g/mol. The molecule has 57 heavy (non-hydrogen) atoms. The number of rotatable bonds is 13. The van der Waals surface area contributed by atoms with Crippen molar-refractivity contribution < 1.29 is 51.9 Å². The van der Waals surface area contributed by atoms with Crippen LogP contribution in [0.1, 0.15) is 77.4 Å². The van der Waals surface area contributed by atoms with Crippen molar-refractivity contribution >= 4 is 40.8 Å². The highest BCUT2D eigenvalue weighted by atomic mass is 35.5. The number of aliphatic hydroxyl groups excluding tert-OH is 1. The number of aliphatic carboxylic acids is 1. The molecule has 4 aromatic rings. The predicted octanol–water partition coefficient (Wildman–Crippen LogP) is 7.52. The fourth-order valence-electron chi connectivity index (χ4n) is 7.69. The van der Waals surface area contributed by atoms with Gasteiger partial charge in [-0.05, 0) is 61.8 Å². The summed E-state index contributed by atoms with van der Waals surface area (Å²) in [7, 11) is 1.79. The van der Waals surface area contributed by atoms with Gasteiger partial charge in [0.25, 0.3) is 5.91 Å². The first-order valence-electron chi connectivity index (χ1n) is 18.3. The number of halogens is 6. The molecule has 18 heteroatoms. The van der Waals surface area contributed by atoms with Crippen LogP contribution in [0.3, 0.4) is 0 Å². The van der Waals surface area contributed by atoms with E-state index in [0.29, 0.717) is 49.0 Å². The molecule has 1 saturated carbocycles. The predicted molar refractivity (Wildman–Crippen MR) is 201 cm³/mol. The normalized spacial score (nSPS) is 18.0. The van der Waals surface area contributed by atoms with Gasteiger partial charge in [-0.2, -0.15) is 0 Å². The Morgan fingerprint density at radius 1 is 1.09 bits per heavy atom. The third kappa shape index (κ3) is 8.03. The minimum atomic E-state index is -5.24. The number of fused-ring (bicyclic) bond motifs is 2. The molecule has 2 atom stereocenters. The van der Waals surface area contributed by atoms with Crippen LogP contribution in [0.4, 0.5) is 23.2 Å². The van der Waals surface area contributed by atoms with Gasteiger partial charge >= 0.3 is 12.3 Å². The summed E-state index contributed by atoms with van der Waals surface area (Å²) in [6.45, 7) is 2.68. The van der Waals surface area contributed by atoms with Crippen LogP contribution in [-0.2, 0) is 42.7 Å². The quantitative estimate of drug-likeness (QED) is 0.0606. The zero-order chi connectivity index (χ0) is 40.8. The number of alkyl halides is 3. The Balaban J connectivity index is 1.12. The monoisotopic (exact) mass is 835 g/mol. The molecule has 0 bridgehead atoms. The lowest BCUT2D eigenvalue weighted by atomic mass is 9.76. The number of carboxylic acid groups (broad SMARTS) is 1. The van der Waals surface area contributed by atoms with Gasteiger partial charge in [-0.15, -0.1) is 13.2 Å². The van der Waals surface area contributed by atoms with E-state index in [1.807, 2.05) is 13.0 Å². The van der Waals surface area contributed by atoms with Crippen LogP contribution in [0.15, 0.2) is 42.5 Å². The van der Waals surface area contributed by atoms with Crippen LogP contribution in [0.5, 0.6) is 11.5 Å². The van der Waals surface area contributed by atoms with E-state index in [1.165, 1.54) is 0 Å². The average Bonchev–Trinajstić information content (AvgIpc) is 3.73. The minimum absolute atomic E-state index is 0.0164. The Kier molecular flexibility index (Phi) is 11.5. The second kappa shape index (κ2) is 16.1. The molecule has 4 N–H and O–H groups in total. The van der Waals surface area contributed by atoms with E-state index in [-0.39, 0.29) is 42.1 Å². The van der Waals surface area contributed by atoms with Crippen molar-refractivity contribution in [3.8, 4) is 22.6 Å². The molecule has 12 nitrogen and oxygen atoms in total. The summed E-state index contributed by atoms with van der Waals surface area (Å²) in [6, 6.07) is 11.6. The Labute approximate surface area is 334 Å². The van der Waals surface area contributed by atoms with Gasteiger partial charge in [-0.1, -0.05) is 58.4 Å². The molecule has 0 saturated heterocycles. The van der Waals surface area contributed by atoms with E-state index in [1.54, 1.807) is 41.9 Å². The first kappa shape index (κ1) is 40.7. The van der Waals surface area contributed by atoms with E-state index in [0.717, 1.165) is 35.1 Å². The first-order chi connectivity index (χ1) is 27.1. The molecule has 1 aliphatic heterocycles. The summed E-state index contributed by atoms with van der Waals surface area (Å²) in [6.07, 6.45) is -3.30. The molecule has 2 unspecified atom stereocenters. The number of amides is 1. The van der Waals surface area contributed by atoms with E-state index in [2.05, 4.69) is 30.3 Å². The summed E-state index contributed by atoms with van der Waals surface area (Å²) < 4.78 is 62.9. The van der Waals surface area contributed by atoms with E-state index < -0.39 is 58.6 Å².